The molecule has 0 N–H and O–H groups in total. The number of fused-ring (bicyclic) bond motifs is 1. The van der Waals surface area contributed by atoms with Gasteiger partial charge in [0.05, 0.1) is 5.39 Å². The predicted molar refractivity (Wildman–Crippen MR) is 79.4 cm³/mol. The second-order valence-corrected chi connectivity index (χ2v) is 4.89. The van der Waals surface area contributed by atoms with Crippen LogP contribution in [-0.4, -0.2) is 39.8 Å². The molecule has 2 aromatic heterocycles. The molecule has 0 aliphatic carbocycles. The van der Waals surface area contributed by atoms with Gasteiger partial charge < -0.3 is 18.7 Å². The summed E-state index contributed by atoms with van der Waals surface area (Å²) < 4.78 is 15.3. The first-order valence-corrected chi connectivity index (χ1v) is 7.17. The summed E-state index contributed by atoms with van der Waals surface area (Å²) in [6.07, 6.45) is 0. The number of aromatic nitrogens is 3. The van der Waals surface area contributed by atoms with Gasteiger partial charge in [0.1, 0.15) is 18.7 Å². The number of benzene rings is 1. The second-order valence-electron chi connectivity index (χ2n) is 4.89. The van der Waals surface area contributed by atoms with E-state index in [9.17, 15) is 4.79 Å². The van der Waals surface area contributed by atoms with Crippen molar-refractivity contribution in [2.45, 2.75) is 20.1 Å². The number of carbonyl (C=O) groups is 1. The summed E-state index contributed by atoms with van der Waals surface area (Å²) in [6, 6.07) is 7.27. The minimum atomic E-state index is -0.271. The average Bonchev–Trinajstić information content (AvgIpc) is 3.19. The van der Waals surface area contributed by atoms with Crippen LogP contribution in [0.4, 0.5) is 0 Å². The molecular weight excluding hydrogens is 300 g/mol. The van der Waals surface area contributed by atoms with Crippen LogP contribution in [0.3, 0.4) is 0 Å². The third-order valence-corrected chi connectivity index (χ3v) is 3.36. The molecule has 0 bridgehead atoms. The fraction of sp³-hybridized carbons (Fsp3) is 0.333. The quantitative estimate of drug-likeness (QED) is 0.686. The van der Waals surface area contributed by atoms with Crippen LogP contribution in [0, 0.1) is 0 Å². The maximum absolute atomic E-state index is 12.7. The van der Waals surface area contributed by atoms with Crippen LogP contribution in [0.25, 0.3) is 10.9 Å². The van der Waals surface area contributed by atoms with Gasteiger partial charge in [0.15, 0.2) is 5.82 Å². The number of carbonyl (C=O) groups excluding carboxylic acids is 1. The van der Waals surface area contributed by atoms with Crippen molar-refractivity contribution in [3.8, 4) is 0 Å². The fourth-order valence-electron chi connectivity index (χ4n) is 2.22. The van der Waals surface area contributed by atoms with Gasteiger partial charge >= 0.3 is 0 Å². The Balaban J connectivity index is 1.80. The molecule has 0 saturated carbocycles. The Bertz CT molecular complexity index is 811. The smallest absolute Gasteiger partial charge is 0.293 e. The highest BCUT2D eigenvalue weighted by Gasteiger charge is 2.23. The van der Waals surface area contributed by atoms with Crippen LogP contribution < -0.4 is 0 Å². The van der Waals surface area contributed by atoms with Crippen LogP contribution in [-0.2, 0) is 17.9 Å². The van der Waals surface area contributed by atoms with Crippen LogP contribution >= 0.6 is 0 Å². The Morgan fingerprint density at radius 3 is 2.87 bits per heavy atom. The largest absolute Gasteiger partial charge is 0.377 e. The molecule has 0 saturated heterocycles. The molecule has 0 spiro atoms. The molecule has 8 nitrogen and oxygen atoms in total. The van der Waals surface area contributed by atoms with Crippen LogP contribution in [0.5, 0.6) is 0 Å². The van der Waals surface area contributed by atoms with Gasteiger partial charge in [-0.3, -0.25) is 4.79 Å². The molecule has 0 fully saturated rings. The van der Waals surface area contributed by atoms with Crippen molar-refractivity contribution in [2.24, 2.45) is 0 Å². The van der Waals surface area contributed by atoms with Crippen molar-refractivity contribution >= 4 is 16.8 Å². The number of hydrogen-bond donors (Lipinski definition) is 0. The average molecular weight is 316 g/mol. The van der Waals surface area contributed by atoms with E-state index in [1.54, 1.807) is 24.1 Å². The van der Waals surface area contributed by atoms with E-state index >= 15 is 0 Å². The van der Waals surface area contributed by atoms with Crippen LogP contribution in [0.1, 0.15) is 29.2 Å². The lowest BCUT2D eigenvalue weighted by Crippen LogP contribution is -2.30. The van der Waals surface area contributed by atoms with Crippen molar-refractivity contribution in [3.63, 3.8) is 0 Å². The van der Waals surface area contributed by atoms with Crippen molar-refractivity contribution in [1.29, 1.82) is 0 Å². The van der Waals surface area contributed by atoms with E-state index in [-0.39, 0.29) is 24.8 Å². The van der Waals surface area contributed by atoms with E-state index in [2.05, 4.69) is 15.3 Å². The molecule has 0 aliphatic heterocycles. The standard InChI is InChI=1S/C15H16N4O4/c1-3-19(8-13-16-12(9-21-2)18-22-13)15(20)14-10-6-4-5-7-11(10)17-23-14/h4-7H,3,8-9H2,1-2H3. The number of methoxy groups -OCH3 is 1. The highest BCUT2D eigenvalue weighted by Crippen LogP contribution is 2.20. The molecule has 1 aromatic carbocycles. The molecule has 0 unspecified atom stereocenters. The van der Waals surface area contributed by atoms with E-state index in [1.807, 2.05) is 19.1 Å². The van der Waals surface area contributed by atoms with Gasteiger partial charge in [-0.2, -0.15) is 4.98 Å². The van der Waals surface area contributed by atoms with Gasteiger partial charge in [-0.05, 0) is 19.1 Å². The Morgan fingerprint density at radius 2 is 2.09 bits per heavy atom. The summed E-state index contributed by atoms with van der Waals surface area (Å²) in [5.41, 5.74) is 0.645. The summed E-state index contributed by atoms with van der Waals surface area (Å²) in [5.74, 6) is 0.721. The highest BCUT2D eigenvalue weighted by atomic mass is 16.5. The molecular formula is C15H16N4O4. The molecule has 1 amide bonds. The van der Waals surface area contributed by atoms with E-state index in [1.165, 1.54) is 0 Å². The minimum Gasteiger partial charge on any atom is -0.377 e. The summed E-state index contributed by atoms with van der Waals surface area (Å²) >= 11 is 0. The van der Waals surface area contributed by atoms with Gasteiger partial charge in [0.25, 0.3) is 5.91 Å². The van der Waals surface area contributed by atoms with Gasteiger partial charge in [0.2, 0.25) is 11.7 Å². The van der Waals surface area contributed by atoms with Crippen molar-refractivity contribution < 1.29 is 18.6 Å². The fourth-order valence-corrected chi connectivity index (χ4v) is 2.22. The number of hydrogen-bond acceptors (Lipinski definition) is 7. The zero-order valence-corrected chi connectivity index (χ0v) is 12.9. The first kappa shape index (κ1) is 15.2. The number of amides is 1. The predicted octanol–water partition coefficient (Wildman–Crippen LogP) is 2.02. The normalized spacial score (nSPS) is 11.0. The zero-order valence-electron chi connectivity index (χ0n) is 12.9. The van der Waals surface area contributed by atoms with Gasteiger partial charge in [0, 0.05) is 13.7 Å². The minimum absolute atomic E-state index is 0.196. The summed E-state index contributed by atoms with van der Waals surface area (Å²) in [5, 5.41) is 8.36. The molecule has 0 atom stereocenters. The maximum atomic E-state index is 12.7. The topological polar surface area (TPSA) is 94.5 Å². The Morgan fingerprint density at radius 1 is 1.26 bits per heavy atom. The Kier molecular flexibility index (Phi) is 4.33. The summed E-state index contributed by atoms with van der Waals surface area (Å²) in [7, 11) is 1.55. The first-order valence-electron chi connectivity index (χ1n) is 7.17. The summed E-state index contributed by atoms with van der Waals surface area (Å²) in [4.78, 5) is 18.4. The SMILES string of the molecule is CCN(Cc1nc(COC)no1)C(=O)c1onc2ccccc12. The van der Waals surface area contributed by atoms with Gasteiger partial charge in [-0.25, -0.2) is 0 Å². The lowest BCUT2D eigenvalue weighted by molar-refractivity contribution is 0.0695. The second kappa shape index (κ2) is 6.57. The Hall–Kier alpha value is -2.74. The van der Waals surface area contributed by atoms with Gasteiger partial charge in [-0.15, -0.1) is 0 Å². The lowest BCUT2D eigenvalue weighted by atomic mass is 10.2. The molecule has 8 heteroatoms. The monoisotopic (exact) mass is 316 g/mol. The van der Waals surface area contributed by atoms with E-state index in [0.717, 1.165) is 0 Å². The third-order valence-electron chi connectivity index (χ3n) is 3.36. The molecule has 2 heterocycles. The lowest BCUT2D eigenvalue weighted by Gasteiger charge is -2.16. The van der Waals surface area contributed by atoms with Crippen molar-refractivity contribution in [3.05, 3.63) is 41.7 Å². The van der Waals surface area contributed by atoms with E-state index < -0.39 is 0 Å². The molecule has 0 radical (unpaired) electrons. The van der Waals surface area contributed by atoms with Crippen LogP contribution in [0.15, 0.2) is 33.3 Å². The number of ether oxygens (including phenoxy) is 1. The van der Waals surface area contributed by atoms with Crippen LogP contribution in [0.2, 0.25) is 0 Å². The Labute approximate surface area is 132 Å². The maximum Gasteiger partial charge on any atom is 0.293 e. The molecule has 3 rings (SSSR count). The highest BCUT2D eigenvalue weighted by molar-refractivity contribution is 6.03. The molecule has 3 aromatic rings. The molecule has 0 aliphatic rings. The number of nitrogens with zero attached hydrogens (tertiary/aromatic N) is 4. The van der Waals surface area contributed by atoms with Gasteiger partial charge in [-0.1, -0.05) is 22.4 Å². The third kappa shape index (κ3) is 3.07. The van der Waals surface area contributed by atoms with Crippen molar-refractivity contribution in [2.75, 3.05) is 13.7 Å². The number of rotatable bonds is 6. The van der Waals surface area contributed by atoms with E-state index in [0.29, 0.717) is 29.2 Å². The van der Waals surface area contributed by atoms with Crippen molar-refractivity contribution in [1.82, 2.24) is 20.2 Å². The molecule has 120 valence electrons. The first-order chi connectivity index (χ1) is 11.2. The molecule has 23 heavy (non-hydrogen) atoms. The summed E-state index contributed by atoms with van der Waals surface area (Å²) in [6.45, 7) is 2.79. The zero-order chi connectivity index (χ0) is 16.2. The van der Waals surface area contributed by atoms with E-state index in [4.69, 9.17) is 13.8 Å².